The molecule has 9 nitrogen and oxygen atoms in total. The first kappa shape index (κ1) is 20.8. The molecule has 2 N–H and O–H groups in total. The van der Waals surface area contributed by atoms with Crippen molar-refractivity contribution in [2.75, 3.05) is 18.4 Å². The fourth-order valence-corrected chi connectivity index (χ4v) is 3.83. The Labute approximate surface area is 181 Å². The highest BCUT2D eigenvalue weighted by molar-refractivity contribution is 6.08. The maximum Gasteiger partial charge on any atom is 0.328 e. The summed E-state index contributed by atoms with van der Waals surface area (Å²) < 4.78 is 0. The van der Waals surface area contributed by atoms with Gasteiger partial charge in [-0.1, -0.05) is 19.9 Å². The van der Waals surface area contributed by atoms with Crippen LogP contribution in [0.3, 0.4) is 0 Å². The maximum absolute atomic E-state index is 12.9. The molecule has 2 unspecified atom stereocenters. The van der Waals surface area contributed by atoms with E-state index in [1.807, 2.05) is 44.3 Å². The summed E-state index contributed by atoms with van der Waals surface area (Å²) >= 11 is 0. The molecule has 0 aromatic carbocycles. The summed E-state index contributed by atoms with van der Waals surface area (Å²) in [6.07, 6.45) is 6.27. The number of rotatable bonds is 8. The lowest BCUT2D eigenvalue weighted by Crippen LogP contribution is -2.65. The van der Waals surface area contributed by atoms with Gasteiger partial charge < -0.3 is 10.6 Å². The number of carbonyl (C=O) groups is 2. The maximum atomic E-state index is 12.9. The van der Waals surface area contributed by atoms with Crippen molar-refractivity contribution < 1.29 is 9.59 Å². The highest BCUT2D eigenvalue weighted by Gasteiger charge is 2.49. The molecule has 0 spiro atoms. The van der Waals surface area contributed by atoms with Crippen molar-refractivity contribution in [3.8, 4) is 0 Å². The minimum atomic E-state index is -0.561. The Balaban J connectivity index is 1.49. The Hall–Kier alpha value is -3.49. The Morgan fingerprint density at radius 3 is 2.61 bits per heavy atom. The van der Waals surface area contributed by atoms with Crippen LogP contribution in [0.25, 0.3) is 0 Å². The largest absolute Gasteiger partial charge is 0.366 e. The fourth-order valence-electron chi connectivity index (χ4n) is 3.83. The first-order valence-electron chi connectivity index (χ1n) is 10.7. The van der Waals surface area contributed by atoms with E-state index < -0.39 is 12.2 Å². The van der Waals surface area contributed by atoms with Gasteiger partial charge in [-0.3, -0.25) is 19.6 Å². The Morgan fingerprint density at radius 1 is 1.10 bits per heavy atom. The van der Waals surface area contributed by atoms with E-state index >= 15 is 0 Å². The second kappa shape index (κ2) is 9.11. The molecule has 0 aliphatic carbocycles. The number of fused-ring (bicyclic) bond motifs is 1. The number of urea groups is 1. The molecule has 1 saturated heterocycles. The smallest absolute Gasteiger partial charge is 0.328 e. The number of nitrogens with one attached hydrogen (secondary N) is 2. The van der Waals surface area contributed by atoms with Gasteiger partial charge in [0.1, 0.15) is 17.7 Å². The van der Waals surface area contributed by atoms with Gasteiger partial charge in [-0.15, -0.1) is 0 Å². The summed E-state index contributed by atoms with van der Waals surface area (Å²) in [5, 5.41) is 6.49. The third kappa shape index (κ3) is 4.21. The van der Waals surface area contributed by atoms with Gasteiger partial charge in [-0.25, -0.2) is 14.8 Å². The molecule has 0 radical (unpaired) electrons. The number of aromatic nitrogens is 2. The lowest BCUT2D eigenvalue weighted by molar-refractivity contribution is -0.134. The number of hydrogen-bond donors (Lipinski definition) is 2. The van der Waals surface area contributed by atoms with Gasteiger partial charge >= 0.3 is 6.03 Å². The van der Waals surface area contributed by atoms with E-state index in [4.69, 9.17) is 4.99 Å². The van der Waals surface area contributed by atoms with E-state index in [1.165, 1.54) is 4.90 Å². The molecule has 9 heteroatoms. The number of amides is 3. The number of pyridine rings is 2. The lowest BCUT2D eigenvalue weighted by atomic mass is 10.1. The van der Waals surface area contributed by atoms with Gasteiger partial charge in [0.2, 0.25) is 0 Å². The Bertz CT molecular complexity index is 962. The van der Waals surface area contributed by atoms with Crippen LogP contribution >= 0.6 is 0 Å². The van der Waals surface area contributed by atoms with Gasteiger partial charge in [-0.2, -0.15) is 0 Å². The zero-order valence-corrected chi connectivity index (χ0v) is 17.8. The third-order valence-electron chi connectivity index (χ3n) is 5.32. The predicted octanol–water partition coefficient (Wildman–Crippen LogP) is 2.22. The minimum absolute atomic E-state index is 0.217. The summed E-state index contributed by atoms with van der Waals surface area (Å²) in [6.45, 7) is 5.56. The van der Waals surface area contributed by atoms with Crippen LogP contribution in [0.15, 0.2) is 47.8 Å². The summed E-state index contributed by atoms with van der Waals surface area (Å²) in [4.78, 5) is 42.1. The molecule has 2 aromatic rings. The van der Waals surface area contributed by atoms with Crippen LogP contribution in [0.1, 0.15) is 37.8 Å². The van der Waals surface area contributed by atoms with E-state index in [1.54, 1.807) is 17.3 Å². The van der Waals surface area contributed by atoms with Crippen molar-refractivity contribution in [1.82, 2.24) is 25.1 Å². The third-order valence-corrected chi connectivity index (χ3v) is 5.32. The van der Waals surface area contributed by atoms with Crippen LogP contribution in [0.5, 0.6) is 0 Å². The molecule has 31 heavy (non-hydrogen) atoms. The molecular formula is C22H27N7O2. The molecule has 2 aromatic heterocycles. The number of nitrogens with zero attached hydrogens (tertiary/aromatic N) is 5. The van der Waals surface area contributed by atoms with Crippen molar-refractivity contribution in [2.24, 2.45) is 4.99 Å². The fraction of sp³-hybridized carbons (Fsp3) is 0.409. The zero-order chi connectivity index (χ0) is 21.8. The average molecular weight is 422 g/mol. The van der Waals surface area contributed by atoms with Gasteiger partial charge in [0.15, 0.2) is 6.17 Å². The van der Waals surface area contributed by atoms with Gasteiger partial charge in [-0.05, 0) is 36.6 Å². The van der Waals surface area contributed by atoms with E-state index in [0.29, 0.717) is 25.5 Å². The second-order valence-corrected chi connectivity index (χ2v) is 7.63. The summed E-state index contributed by atoms with van der Waals surface area (Å²) in [5.41, 5.74) is 1.84. The number of carbonyl (C=O) groups excluding carboxylic acids is 2. The highest BCUT2D eigenvalue weighted by Crippen LogP contribution is 2.25. The van der Waals surface area contributed by atoms with E-state index in [2.05, 4.69) is 20.6 Å². The van der Waals surface area contributed by atoms with Gasteiger partial charge in [0.25, 0.3) is 5.91 Å². The second-order valence-electron chi connectivity index (χ2n) is 7.63. The van der Waals surface area contributed by atoms with Crippen molar-refractivity contribution in [2.45, 2.75) is 45.4 Å². The SMILES string of the molecule is CCCN1C(=O)C2NC(c3ccc(NCc4cccnc4)nc3)=NC2N(CCC)C1=O. The predicted molar refractivity (Wildman–Crippen MR) is 117 cm³/mol. The molecule has 3 amide bonds. The molecule has 0 bridgehead atoms. The van der Waals surface area contributed by atoms with Crippen LogP contribution < -0.4 is 10.6 Å². The number of amidine groups is 1. The van der Waals surface area contributed by atoms with Gasteiger partial charge in [0, 0.05) is 43.8 Å². The molecule has 1 fully saturated rings. The Morgan fingerprint density at radius 2 is 1.94 bits per heavy atom. The van der Waals surface area contributed by atoms with E-state index in [0.717, 1.165) is 29.8 Å². The molecule has 2 aliphatic rings. The number of anilines is 1. The van der Waals surface area contributed by atoms with Crippen LogP contribution in [0.4, 0.5) is 10.6 Å². The number of hydrogen-bond acceptors (Lipinski definition) is 7. The normalized spacial score (nSPS) is 20.4. The molecule has 4 heterocycles. The van der Waals surface area contributed by atoms with Gasteiger partial charge in [0.05, 0.1) is 0 Å². The standard InChI is InChI=1S/C22H27N7O2/c1-3-10-28-20-18(21(30)29(11-4-2)22(28)31)26-19(27-20)16-7-8-17(25-14-16)24-13-15-6-5-9-23-12-15/h5-9,12,14,18,20H,3-4,10-11,13H2,1-2H3,(H,24,25)(H,26,27). The first-order valence-corrected chi connectivity index (χ1v) is 10.7. The Kier molecular flexibility index (Phi) is 6.11. The zero-order valence-electron chi connectivity index (χ0n) is 17.8. The summed E-state index contributed by atoms with van der Waals surface area (Å²) in [7, 11) is 0. The van der Waals surface area contributed by atoms with E-state index in [-0.39, 0.29) is 11.9 Å². The van der Waals surface area contributed by atoms with Crippen molar-refractivity contribution in [3.63, 3.8) is 0 Å². The molecule has 2 atom stereocenters. The minimum Gasteiger partial charge on any atom is -0.366 e. The van der Waals surface area contributed by atoms with Crippen LogP contribution in [0, 0.1) is 0 Å². The van der Waals surface area contributed by atoms with Crippen LogP contribution in [-0.2, 0) is 11.3 Å². The molecule has 162 valence electrons. The average Bonchev–Trinajstić information content (AvgIpc) is 3.25. The lowest BCUT2D eigenvalue weighted by Gasteiger charge is -2.40. The summed E-state index contributed by atoms with van der Waals surface area (Å²) in [5.74, 6) is 1.10. The van der Waals surface area contributed by atoms with Crippen LogP contribution in [0.2, 0.25) is 0 Å². The quantitative estimate of drug-likeness (QED) is 0.678. The molecule has 2 aliphatic heterocycles. The monoisotopic (exact) mass is 421 g/mol. The molecular weight excluding hydrogens is 394 g/mol. The molecule has 4 rings (SSSR count). The highest BCUT2D eigenvalue weighted by atomic mass is 16.2. The van der Waals surface area contributed by atoms with Crippen molar-refractivity contribution in [1.29, 1.82) is 0 Å². The van der Waals surface area contributed by atoms with Crippen molar-refractivity contribution >= 4 is 23.6 Å². The van der Waals surface area contributed by atoms with Crippen molar-refractivity contribution in [3.05, 3.63) is 54.0 Å². The summed E-state index contributed by atoms with van der Waals surface area (Å²) in [6, 6.07) is 6.85. The van der Waals surface area contributed by atoms with Crippen LogP contribution in [-0.4, -0.2) is 62.8 Å². The number of aliphatic imine (C=N–C) groups is 1. The molecule has 0 saturated carbocycles. The van der Waals surface area contributed by atoms with E-state index in [9.17, 15) is 9.59 Å². The number of imide groups is 1. The topological polar surface area (TPSA) is 103 Å². The first-order chi connectivity index (χ1) is 15.1.